The number of nitrogens with zero attached hydrogens (tertiary/aromatic N) is 2. The van der Waals surface area contributed by atoms with Gasteiger partial charge >= 0.3 is 0 Å². The average molecular weight is 427 g/mol. The SMILES string of the molecule is CC12Cn3cnc(-c4ccccc4)c3C=C1CCCC2C(O)c1csc2ccccc12. The second kappa shape index (κ2) is 7.18. The molecule has 1 saturated carbocycles. The number of thiophene rings is 1. The van der Waals surface area contributed by atoms with Crippen LogP contribution in [0.1, 0.15) is 43.5 Å². The molecular weight excluding hydrogens is 400 g/mol. The molecule has 2 aliphatic rings. The Balaban J connectivity index is 1.40. The highest BCUT2D eigenvalue weighted by molar-refractivity contribution is 7.17. The summed E-state index contributed by atoms with van der Waals surface area (Å²) in [6, 6.07) is 18.9. The predicted octanol–water partition coefficient (Wildman–Crippen LogP) is 6.70. The van der Waals surface area contributed by atoms with Gasteiger partial charge in [-0.3, -0.25) is 0 Å². The lowest BCUT2D eigenvalue weighted by atomic mass is 9.60. The molecule has 3 heterocycles. The Morgan fingerprint density at radius 3 is 2.81 bits per heavy atom. The number of hydrogen-bond acceptors (Lipinski definition) is 3. The van der Waals surface area contributed by atoms with Gasteiger partial charge in [0.25, 0.3) is 0 Å². The van der Waals surface area contributed by atoms with Crippen LogP contribution >= 0.6 is 11.3 Å². The maximum atomic E-state index is 11.6. The van der Waals surface area contributed by atoms with Gasteiger partial charge < -0.3 is 9.67 Å². The van der Waals surface area contributed by atoms with Gasteiger partial charge in [-0.15, -0.1) is 11.3 Å². The zero-order chi connectivity index (χ0) is 21.0. The summed E-state index contributed by atoms with van der Waals surface area (Å²) < 4.78 is 3.55. The third kappa shape index (κ3) is 2.93. The van der Waals surface area contributed by atoms with E-state index in [-0.39, 0.29) is 11.3 Å². The van der Waals surface area contributed by atoms with E-state index in [0.29, 0.717) is 0 Å². The topological polar surface area (TPSA) is 38.0 Å². The second-order valence-electron chi connectivity index (χ2n) is 9.19. The Kier molecular flexibility index (Phi) is 4.41. The Bertz CT molecular complexity index is 1290. The number of aromatic nitrogens is 2. The molecule has 1 aliphatic heterocycles. The first-order chi connectivity index (χ1) is 15.1. The Labute approximate surface area is 186 Å². The predicted molar refractivity (Wildman–Crippen MR) is 128 cm³/mol. The summed E-state index contributed by atoms with van der Waals surface area (Å²) in [5.41, 5.74) is 5.91. The summed E-state index contributed by atoms with van der Waals surface area (Å²) in [6.45, 7) is 3.23. The molecule has 1 fully saturated rings. The number of imidazole rings is 1. The lowest BCUT2D eigenvalue weighted by Gasteiger charge is -2.48. The van der Waals surface area contributed by atoms with Gasteiger partial charge in [-0.05, 0) is 53.7 Å². The van der Waals surface area contributed by atoms with Crippen molar-refractivity contribution in [2.24, 2.45) is 11.3 Å². The van der Waals surface area contributed by atoms with Crippen LogP contribution in [0, 0.1) is 11.3 Å². The lowest BCUT2D eigenvalue weighted by molar-refractivity contribution is 0.0134. The highest BCUT2D eigenvalue weighted by atomic mass is 32.1. The molecule has 3 atom stereocenters. The molecule has 0 amide bonds. The number of allylic oxidation sites excluding steroid dienone is 1. The van der Waals surface area contributed by atoms with Crippen LogP contribution in [0.15, 0.2) is 71.9 Å². The summed E-state index contributed by atoms with van der Waals surface area (Å²) in [6.07, 6.45) is 7.17. The molecule has 2 aromatic carbocycles. The molecule has 0 bridgehead atoms. The van der Waals surface area contributed by atoms with Crippen LogP contribution in [0.3, 0.4) is 0 Å². The number of aliphatic hydroxyl groups is 1. The van der Waals surface area contributed by atoms with Crippen molar-refractivity contribution in [1.82, 2.24) is 9.55 Å². The number of aliphatic hydroxyl groups excluding tert-OH is 1. The van der Waals surface area contributed by atoms with Gasteiger partial charge in [-0.1, -0.05) is 61.0 Å². The minimum absolute atomic E-state index is 0.0671. The van der Waals surface area contributed by atoms with E-state index in [1.807, 2.05) is 12.4 Å². The smallest absolute Gasteiger partial charge is 0.0958 e. The van der Waals surface area contributed by atoms with Crippen LogP contribution < -0.4 is 0 Å². The molecule has 0 saturated heterocycles. The maximum Gasteiger partial charge on any atom is 0.0958 e. The molecule has 4 aromatic rings. The molecule has 0 radical (unpaired) electrons. The third-order valence-electron chi connectivity index (χ3n) is 7.46. The van der Waals surface area contributed by atoms with Crippen LogP contribution in [0.5, 0.6) is 0 Å². The van der Waals surface area contributed by atoms with E-state index >= 15 is 0 Å². The van der Waals surface area contributed by atoms with E-state index in [9.17, 15) is 5.11 Å². The number of hydrogen-bond donors (Lipinski definition) is 1. The first kappa shape index (κ1) is 19.0. The molecule has 3 nitrogen and oxygen atoms in total. The van der Waals surface area contributed by atoms with E-state index in [1.54, 1.807) is 11.3 Å². The highest BCUT2D eigenvalue weighted by Gasteiger charge is 2.46. The number of fused-ring (bicyclic) bond motifs is 3. The zero-order valence-corrected chi connectivity index (χ0v) is 18.5. The van der Waals surface area contributed by atoms with Gasteiger partial charge in [0, 0.05) is 22.2 Å². The normalized spacial score (nSPS) is 23.8. The molecule has 0 spiro atoms. The van der Waals surface area contributed by atoms with Gasteiger partial charge in [-0.2, -0.15) is 0 Å². The Morgan fingerprint density at radius 1 is 1.13 bits per heavy atom. The van der Waals surface area contributed by atoms with Gasteiger partial charge in [0.15, 0.2) is 0 Å². The van der Waals surface area contributed by atoms with Crippen molar-refractivity contribution in [3.8, 4) is 11.3 Å². The van der Waals surface area contributed by atoms with Crippen molar-refractivity contribution in [3.05, 3.63) is 83.1 Å². The van der Waals surface area contributed by atoms with Crippen molar-refractivity contribution in [2.45, 2.75) is 38.8 Å². The summed E-state index contributed by atoms with van der Waals surface area (Å²) in [7, 11) is 0. The van der Waals surface area contributed by atoms with Crippen LogP contribution in [0.4, 0.5) is 0 Å². The Morgan fingerprint density at radius 2 is 1.94 bits per heavy atom. The molecule has 1 aliphatic carbocycles. The van der Waals surface area contributed by atoms with Crippen molar-refractivity contribution >= 4 is 27.5 Å². The zero-order valence-electron chi connectivity index (χ0n) is 17.7. The summed E-state index contributed by atoms with van der Waals surface area (Å²) in [5.74, 6) is 0.196. The molecule has 31 heavy (non-hydrogen) atoms. The van der Waals surface area contributed by atoms with E-state index < -0.39 is 6.10 Å². The van der Waals surface area contributed by atoms with Crippen molar-refractivity contribution in [3.63, 3.8) is 0 Å². The van der Waals surface area contributed by atoms with Crippen molar-refractivity contribution in [2.75, 3.05) is 0 Å². The molecule has 6 rings (SSSR count). The molecule has 3 unspecified atom stereocenters. The van der Waals surface area contributed by atoms with Gasteiger partial charge in [0.05, 0.1) is 23.8 Å². The molecule has 2 aromatic heterocycles. The molecule has 4 heteroatoms. The van der Waals surface area contributed by atoms with Gasteiger partial charge in [0.2, 0.25) is 0 Å². The first-order valence-corrected chi connectivity index (χ1v) is 12.0. The summed E-state index contributed by atoms with van der Waals surface area (Å²) >= 11 is 1.73. The fraction of sp³-hybridized carbons (Fsp3) is 0.296. The minimum atomic E-state index is -0.455. The fourth-order valence-corrected chi connectivity index (χ4v) is 6.76. The minimum Gasteiger partial charge on any atom is -0.388 e. The molecule has 156 valence electrons. The van der Waals surface area contributed by atoms with Crippen LogP contribution in [0.25, 0.3) is 27.4 Å². The highest BCUT2D eigenvalue weighted by Crippen LogP contribution is 2.54. The van der Waals surface area contributed by atoms with Gasteiger partial charge in [-0.25, -0.2) is 4.98 Å². The van der Waals surface area contributed by atoms with Crippen LogP contribution in [-0.4, -0.2) is 14.7 Å². The first-order valence-electron chi connectivity index (χ1n) is 11.1. The monoisotopic (exact) mass is 426 g/mol. The Hall–Kier alpha value is -2.69. The summed E-state index contributed by atoms with van der Waals surface area (Å²) in [4.78, 5) is 4.78. The number of rotatable bonds is 3. The van der Waals surface area contributed by atoms with Crippen molar-refractivity contribution in [1.29, 1.82) is 0 Å². The van der Waals surface area contributed by atoms with Gasteiger partial charge in [0.1, 0.15) is 0 Å². The summed E-state index contributed by atoms with van der Waals surface area (Å²) in [5, 5.41) is 15.0. The fourth-order valence-electron chi connectivity index (χ4n) is 5.77. The second-order valence-corrected chi connectivity index (χ2v) is 10.1. The average Bonchev–Trinajstić information content (AvgIpc) is 3.41. The standard InChI is InChI=1S/C27H26N2OS/c1-27-16-29-17-28-25(18-8-3-2-4-9-18)23(29)14-19(27)10-7-12-22(27)26(30)21-15-31-24-13-6-5-11-20(21)24/h2-6,8-9,11,13-15,17,22,26,30H,7,10,12,16H2,1H3. The van der Waals surface area contributed by atoms with E-state index in [0.717, 1.165) is 42.6 Å². The van der Waals surface area contributed by atoms with Crippen molar-refractivity contribution < 1.29 is 5.11 Å². The third-order valence-corrected chi connectivity index (χ3v) is 8.44. The molecule has 1 N–H and O–H groups in total. The number of benzene rings is 2. The lowest BCUT2D eigenvalue weighted by Crippen LogP contribution is -2.42. The maximum absolute atomic E-state index is 11.6. The van der Waals surface area contributed by atoms with Crippen LogP contribution in [-0.2, 0) is 6.54 Å². The van der Waals surface area contributed by atoms with E-state index in [2.05, 4.69) is 71.5 Å². The van der Waals surface area contributed by atoms with E-state index in [4.69, 9.17) is 4.98 Å². The quantitative estimate of drug-likeness (QED) is 0.396. The molecular formula is C27H26N2OS. The largest absolute Gasteiger partial charge is 0.388 e. The van der Waals surface area contributed by atoms with E-state index in [1.165, 1.54) is 21.4 Å². The van der Waals surface area contributed by atoms with Crippen LogP contribution in [0.2, 0.25) is 0 Å².